The molecule has 8 nitrogen and oxygen atoms in total. The molecule has 0 unspecified atom stereocenters. The number of pyridine rings is 1. The van der Waals surface area contributed by atoms with Gasteiger partial charge in [0.25, 0.3) is 0 Å². The van der Waals surface area contributed by atoms with E-state index in [0.717, 1.165) is 44.1 Å². The van der Waals surface area contributed by atoms with Crippen molar-refractivity contribution in [2.75, 3.05) is 74.1 Å². The van der Waals surface area contributed by atoms with Crippen molar-refractivity contribution in [3.8, 4) is 0 Å². The maximum atomic E-state index is 15.3. The quantitative estimate of drug-likeness (QED) is 0.268. The highest BCUT2D eigenvalue weighted by molar-refractivity contribution is 7.80. The van der Waals surface area contributed by atoms with E-state index in [-0.39, 0.29) is 10.9 Å². The summed E-state index contributed by atoms with van der Waals surface area (Å²) in [5, 5.41) is 4.04. The summed E-state index contributed by atoms with van der Waals surface area (Å²) in [6, 6.07) is 5.70. The number of hydrazone groups is 1. The van der Waals surface area contributed by atoms with Crippen LogP contribution in [0, 0.1) is 5.82 Å². The van der Waals surface area contributed by atoms with Crippen molar-refractivity contribution in [2.24, 2.45) is 10.8 Å². The Morgan fingerprint density at radius 1 is 1.00 bits per heavy atom. The number of thiocarbonyl (C=S) groups is 1. The van der Waals surface area contributed by atoms with E-state index in [1.54, 1.807) is 0 Å². The van der Waals surface area contributed by atoms with Crippen LogP contribution >= 0.6 is 12.2 Å². The fourth-order valence-electron chi connectivity index (χ4n) is 4.32. The largest absolute Gasteiger partial charge is 0.417 e. The summed E-state index contributed by atoms with van der Waals surface area (Å²) in [5.41, 5.74) is 9.10. The number of nitrogens with zero attached hydrogens (tertiary/aromatic N) is 6. The Bertz CT molecular complexity index is 1090. The van der Waals surface area contributed by atoms with E-state index in [1.165, 1.54) is 18.3 Å². The minimum Gasteiger partial charge on any atom is -0.375 e. The Morgan fingerprint density at radius 2 is 1.61 bits per heavy atom. The molecule has 2 aliphatic heterocycles. The number of nitrogens with two attached hydrogens (primary N) is 1. The van der Waals surface area contributed by atoms with Gasteiger partial charge >= 0.3 is 6.18 Å². The van der Waals surface area contributed by atoms with Crippen LogP contribution < -0.4 is 25.9 Å². The lowest BCUT2D eigenvalue weighted by atomic mass is 10.1. The lowest BCUT2D eigenvalue weighted by Gasteiger charge is -2.38. The maximum absolute atomic E-state index is 15.3. The molecule has 0 spiro atoms. The van der Waals surface area contributed by atoms with Crippen molar-refractivity contribution in [1.82, 2.24) is 15.3 Å². The lowest BCUT2D eigenvalue weighted by Crippen LogP contribution is -2.47. The van der Waals surface area contributed by atoms with Gasteiger partial charge in [-0.3, -0.25) is 5.43 Å². The molecule has 2 fully saturated rings. The van der Waals surface area contributed by atoms with Crippen molar-refractivity contribution < 1.29 is 17.6 Å². The van der Waals surface area contributed by atoms with Gasteiger partial charge in [0.05, 0.1) is 17.5 Å². The number of rotatable bonds is 5. The smallest absolute Gasteiger partial charge is 0.375 e. The molecule has 0 aliphatic carbocycles. The second kappa shape index (κ2) is 10.8. The zero-order chi connectivity index (χ0) is 25.9. The van der Waals surface area contributed by atoms with Gasteiger partial charge in [-0.1, -0.05) is 0 Å². The number of aromatic nitrogens is 1. The highest BCUT2D eigenvalue weighted by atomic mass is 32.1. The molecule has 13 heteroatoms. The lowest BCUT2D eigenvalue weighted by molar-refractivity contribution is -0.137. The molecular formula is C23H28F4N8S. The molecule has 1 aromatic carbocycles. The van der Waals surface area contributed by atoms with Crippen LogP contribution in [0.2, 0.25) is 0 Å². The van der Waals surface area contributed by atoms with Crippen molar-refractivity contribution in [2.45, 2.75) is 6.18 Å². The standard InChI is InChI=1S/C23H28F4N8S/c1-32-4-6-33(7-5-32)19-13-20(18(24)12-16(19)14-30-31-22(28)36)34-8-10-35(11-9-34)21-3-2-17(15-29-21)23(25,26)27/h2-3,12-15H,4-11H2,1H3,(H3,28,31,36). The fraction of sp³-hybridized carbons (Fsp3) is 0.435. The molecule has 0 saturated carbocycles. The van der Waals surface area contributed by atoms with Crippen LogP contribution in [0.25, 0.3) is 0 Å². The van der Waals surface area contributed by atoms with Crippen LogP contribution in [0.3, 0.4) is 0 Å². The van der Waals surface area contributed by atoms with Crippen LogP contribution in [0.1, 0.15) is 11.1 Å². The summed E-state index contributed by atoms with van der Waals surface area (Å²) in [6.07, 6.45) is -2.07. The van der Waals surface area contributed by atoms with Crippen molar-refractivity contribution in [1.29, 1.82) is 0 Å². The van der Waals surface area contributed by atoms with E-state index in [9.17, 15) is 13.2 Å². The monoisotopic (exact) mass is 524 g/mol. The molecule has 0 atom stereocenters. The summed E-state index contributed by atoms with van der Waals surface area (Å²) in [4.78, 5) is 12.3. The van der Waals surface area contributed by atoms with Crippen LogP contribution in [-0.4, -0.2) is 80.6 Å². The SMILES string of the molecule is CN1CCN(c2cc(N3CCN(c4ccc(C(F)(F)F)cn4)CC3)c(F)cc2C=NNC(N)=S)CC1. The Kier molecular flexibility index (Phi) is 7.79. The zero-order valence-corrected chi connectivity index (χ0v) is 20.6. The van der Waals surface area contributed by atoms with Gasteiger partial charge in [-0.25, -0.2) is 9.37 Å². The predicted octanol–water partition coefficient (Wildman–Crippen LogP) is 2.49. The molecule has 3 heterocycles. The summed E-state index contributed by atoms with van der Waals surface area (Å²) in [7, 11) is 2.06. The Balaban J connectivity index is 1.52. The maximum Gasteiger partial charge on any atom is 0.417 e. The van der Waals surface area contributed by atoms with Crippen molar-refractivity contribution in [3.05, 3.63) is 47.4 Å². The fourth-order valence-corrected chi connectivity index (χ4v) is 4.37. The number of hydrogen-bond donors (Lipinski definition) is 2. The van der Waals surface area contributed by atoms with Gasteiger partial charge in [0.2, 0.25) is 0 Å². The van der Waals surface area contributed by atoms with Crippen LogP contribution in [0.4, 0.5) is 34.8 Å². The summed E-state index contributed by atoms with van der Waals surface area (Å²) >= 11 is 4.78. The molecule has 1 aromatic heterocycles. The number of alkyl halides is 3. The van der Waals surface area contributed by atoms with Crippen molar-refractivity contribution >= 4 is 40.7 Å². The van der Waals surface area contributed by atoms with E-state index in [0.29, 0.717) is 43.2 Å². The van der Waals surface area contributed by atoms with Gasteiger partial charge in [-0.2, -0.15) is 18.3 Å². The minimum atomic E-state index is -4.42. The first kappa shape index (κ1) is 25.9. The van der Waals surface area contributed by atoms with Crippen LogP contribution in [0.15, 0.2) is 35.6 Å². The molecule has 194 valence electrons. The summed E-state index contributed by atoms with van der Waals surface area (Å²) < 4.78 is 53.8. The number of likely N-dealkylation sites (N-methyl/N-ethyl adjacent to an activating group) is 1. The second-order valence-corrected chi connectivity index (χ2v) is 9.20. The average Bonchev–Trinajstić information content (AvgIpc) is 2.84. The van der Waals surface area contributed by atoms with Crippen LogP contribution in [-0.2, 0) is 6.18 Å². The summed E-state index contributed by atoms with van der Waals surface area (Å²) in [5.74, 6) is 0.0869. The number of hydrogen-bond acceptors (Lipinski definition) is 7. The van der Waals surface area contributed by atoms with Gasteiger partial charge < -0.3 is 25.3 Å². The third kappa shape index (κ3) is 6.13. The number of halogens is 4. The molecule has 3 N–H and O–H groups in total. The number of nitrogens with one attached hydrogen (secondary N) is 1. The second-order valence-electron chi connectivity index (χ2n) is 8.76. The van der Waals surface area contributed by atoms with E-state index >= 15 is 4.39 Å². The highest BCUT2D eigenvalue weighted by Gasteiger charge is 2.31. The normalized spacial score (nSPS) is 17.6. The molecule has 36 heavy (non-hydrogen) atoms. The van der Waals surface area contributed by atoms with E-state index in [1.807, 2.05) is 15.9 Å². The summed E-state index contributed by atoms with van der Waals surface area (Å²) in [6.45, 7) is 5.35. The van der Waals surface area contributed by atoms with E-state index in [2.05, 4.69) is 32.4 Å². The predicted molar refractivity (Wildman–Crippen MR) is 137 cm³/mol. The minimum absolute atomic E-state index is 0.0184. The molecule has 0 bridgehead atoms. The Morgan fingerprint density at radius 3 is 2.19 bits per heavy atom. The number of piperazine rings is 2. The first-order valence-electron chi connectivity index (χ1n) is 11.5. The molecule has 2 aromatic rings. The molecule has 4 rings (SSSR count). The highest BCUT2D eigenvalue weighted by Crippen LogP contribution is 2.32. The number of benzene rings is 1. The van der Waals surface area contributed by atoms with Gasteiger partial charge in [0.1, 0.15) is 11.6 Å². The Hall–Kier alpha value is -3.19. The van der Waals surface area contributed by atoms with Gasteiger partial charge in [-0.15, -0.1) is 0 Å². The zero-order valence-electron chi connectivity index (χ0n) is 19.8. The van der Waals surface area contributed by atoms with E-state index < -0.39 is 11.7 Å². The molecule has 0 amide bonds. The van der Waals surface area contributed by atoms with Gasteiger partial charge in [-0.05, 0) is 43.5 Å². The number of anilines is 3. The van der Waals surface area contributed by atoms with Gasteiger partial charge in [0, 0.05) is 69.8 Å². The molecule has 2 aliphatic rings. The molecule has 2 saturated heterocycles. The first-order chi connectivity index (χ1) is 17.1. The third-order valence-corrected chi connectivity index (χ3v) is 6.43. The van der Waals surface area contributed by atoms with E-state index in [4.69, 9.17) is 18.0 Å². The van der Waals surface area contributed by atoms with Crippen LogP contribution in [0.5, 0.6) is 0 Å². The Labute approximate surface area is 212 Å². The molecule has 0 radical (unpaired) electrons. The average molecular weight is 525 g/mol. The molecular weight excluding hydrogens is 496 g/mol. The topological polar surface area (TPSA) is 76.3 Å². The van der Waals surface area contributed by atoms with Crippen molar-refractivity contribution in [3.63, 3.8) is 0 Å². The first-order valence-corrected chi connectivity index (χ1v) is 11.9. The third-order valence-electron chi connectivity index (χ3n) is 6.34. The van der Waals surface area contributed by atoms with Gasteiger partial charge in [0.15, 0.2) is 5.11 Å².